The lowest BCUT2D eigenvalue weighted by Gasteiger charge is -2.26. The maximum atomic E-state index is 12.2. The molecule has 142 valence electrons. The Bertz CT molecular complexity index is 789. The fraction of sp³-hybridized carbons (Fsp3) is 0.381. The summed E-state index contributed by atoms with van der Waals surface area (Å²) in [5.74, 6) is 2.23. The first kappa shape index (κ1) is 17.5. The third kappa shape index (κ3) is 4.64. The zero-order chi connectivity index (χ0) is 18.5. The van der Waals surface area contributed by atoms with Gasteiger partial charge in [-0.25, -0.2) is 4.79 Å². The van der Waals surface area contributed by atoms with E-state index in [1.807, 2.05) is 48.5 Å². The first-order chi connectivity index (χ1) is 13.3. The molecular weight excluding hydrogens is 344 g/mol. The van der Waals surface area contributed by atoms with Crippen molar-refractivity contribution < 1.29 is 19.0 Å². The Balaban J connectivity index is 1.26. The summed E-state index contributed by atoms with van der Waals surface area (Å²) in [4.78, 5) is 12.2. The van der Waals surface area contributed by atoms with Gasteiger partial charge in [0.25, 0.3) is 0 Å². The molecule has 2 aliphatic rings. The van der Waals surface area contributed by atoms with Crippen molar-refractivity contribution in [3.63, 3.8) is 0 Å². The van der Waals surface area contributed by atoms with Crippen LogP contribution in [0.2, 0.25) is 0 Å². The lowest BCUT2D eigenvalue weighted by Crippen LogP contribution is -2.42. The number of para-hydroxylation sites is 2. The van der Waals surface area contributed by atoms with Crippen LogP contribution < -0.4 is 24.8 Å². The number of urea groups is 1. The highest BCUT2D eigenvalue weighted by molar-refractivity contribution is 5.89. The number of carbonyl (C=O) groups excluding carboxylic acids is 1. The van der Waals surface area contributed by atoms with Crippen LogP contribution in [0.1, 0.15) is 25.7 Å². The highest BCUT2D eigenvalue weighted by atomic mass is 16.6. The molecule has 1 unspecified atom stereocenters. The van der Waals surface area contributed by atoms with E-state index in [-0.39, 0.29) is 12.1 Å². The first-order valence-corrected chi connectivity index (χ1v) is 9.46. The first-order valence-electron chi connectivity index (χ1n) is 9.46. The Labute approximate surface area is 158 Å². The van der Waals surface area contributed by atoms with E-state index in [0.717, 1.165) is 24.3 Å². The Hall–Kier alpha value is -2.89. The van der Waals surface area contributed by atoms with Gasteiger partial charge in [-0.3, -0.25) is 0 Å². The van der Waals surface area contributed by atoms with Crippen molar-refractivity contribution >= 4 is 11.7 Å². The molecule has 2 aromatic rings. The number of nitrogens with one attached hydrogen (secondary N) is 2. The normalized spacial score (nSPS) is 18.7. The van der Waals surface area contributed by atoms with Crippen molar-refractivity contribution in [1.29, 1.82) is 0 Å². The Kier molecular flexibility index (Phi) is 5.32. The molecule has 1 aliphatic carbocycles. The van der Waals surface area contributed by atoms with Crippen molar-refractivity contribution in [2.24, 2.45) is 0 Å². The van der Waals surface area contributed by atoms with Gasteiger partial charge in [-0.2, -0.15) is 0 Å². The summed E-state index contributed by atoms with van der Waals surface area (Å²) in [7, 11) is 0. The summed E-state index contributed by atoms with van der Waals surface area (Å²) in [5.41, 5.74) is 0.703. The van der Waals surface area contributed by atoms with E-state index >= 15 is 0 Å². The highest BCUT2D eigenvalue weighted by Crippen LogP contribution is 2.30. The fourth-order valence-corrected chi connectivity index (χ4v) is 3.39. The van der Waals surface area contributed by atoms with Gasteiger partial charge in [0.15, 0.2) is 17.6 Å². The van der Waals surface area contributed by atoms with Crippen LogP contribution in [0.3, 0.4) is 0 Å². The van der Waals surface area contributed by atoms with Crippen molar-refractivity contribution in [3.05, 3.63) is 48.5 Å². The molecule has 1 aliphatic heterocycles. The molecule has 0 aromatic heterocycles. The third-order valence-electron chi connectivity index (χ3n) is 4.75. The SMILES string of the molecule is O=C(NCC1COc2ccccc2O1)Nc1cccc(OC2CCCC2)c1. The number of anilines is 1. The van der Waals surface area contributed by atoms with Crippen LogP contribution in [0, 0.1) is 0 Å². The standard InChI is InChI=1S/C21H24N2O4/c24-21(22-13-18-14-25-19-10-3-4-11-20(19)27-18)23-15-6-5-9-17(12-15)26-16-7-1-2-8-16/h3-6,9-12,16,18H,1-2,7-8,13-14H2,(H2,22,23,24). The van der Waals surface area contributed by atoms with Gasteiger partial charge in [0, 0.05) is 11.8 Å². The molecule has 0 saturated heterocycles. The molecule has 0 bridgehead atoms. The molecule has 6 heteroatoms. The summed E-state index contributed by atoms with van der Waals surface area (Å²) < 4.78 is 17.5. The molecular formula is C21H24N2O4. The van der Waals surface area contributed by atoms with Gasteiger partial charge in [-0.1, -0.05) is 18.2 Å². The van der Waals surface area contributed by atoms with Gasteiger partial charge in [-0.15, -0.1) is 0 Å². The van der Waals surface area contributed by atoms with Gasteiger partial charge in [-0.05, 0) is 49.9 Å². The number of carbonyl (C=O) groups is 1. The quantitative estimate of drug-likeness (QED) is 0.838. The Morgan fingerprint density at radius 1 is 1.07 bits per heavy atom. The summed E-state index contributed by atoms with van der Waals surface area (Å²) in [6.07, 6.45) is 4.73. The van der Waals surface area contributed by atoms with Crippen LogP contribution in [0.4, 0.5) is 10.5 Å². The summed E-state index contributed by atoms with van der Waals surface area (Å²) in [5, 5.41) is 5.67. The molecule has 0 radical (unpaired) electrons. The molecule has 2 amide bonds. The van der Waals surface area contributed by atoms with Crippen LogP contribution in [0.15, 0.2) is 48.5 Å². The van der Waals surface area contributed by atoms with Crippen molar-refractivity contribution in [3.8, 4) is 17.2 Å². The van der Waals surface area contributed by atoms with E-state index in [1.165, 1.54) is 12.8 Å². The van der Waals surface area contributed by atoms with Crippen LogP contribution in [0.25, 0.3) is 0 Å². The molecule has 1 atom stereocenters. The van der Waals surface area contributed by atoms with Crippen LogP contribution in [-0.2, 0) is 0 Å². The number of fused-ring (bicyclic) bond motifs is 1. The predicted octanol–water partition coefficient (Wildman–Crippen LogP) is 3.97. The van der Waals surface area contributed by atoms with E-state index in [4.69, 9.17) is 14.2 Å². The monoisotopic (exact) mass is 368 g/mol. The zero-order valence-electron chi connectivity index (χ0n) is 15.1. The average Bonchev–Trinajstić information content (AvgIpc) is 3.19. The second-order valence-electron chi connectivity index (χ2n) is 6.88. The maximum absolute atomic E-state index is 12.2. The maximum Gasteiger partial charge on any atom is 0.319 e. The largest absolute Gasteiger partial charge is 0.490 e. The van der Waals surface area contributed by atoms with E-state index < -0.39 is 0 Å². The second-order valence-corrected chi connectivity index (χ2v) is 6.88. The van der Waals surface area contributed by atoms with E-state index in [1.54, 1.807) is 0 Å². The van der Waals surface area contributed by atoms with Crippen molar-refractivity contribution in [2.75, 3.05) is 18.5 Å². The number of benzene rings is 2. The van der Waals surface area contributed by atoms with Crippen LogP contribution in [0.5, 0.6) is 17.2 Å². The lowest BCUT2D eigenvalue weighted by molar-refractivity contribution is 0.0922. The van der Waals surface area contributed by atoms with Crippen LogP contribution >= 0.6 is 0 Å². The number of amides is 2. The van der Waals surface area contributed by atoms with E-state index in [0.29, 0.717) is 30.7 Å². The molecule has 2 aromatic carbocycles. The number of rotatable bonds is 5. The van der Waals surface area contributed by atoms with E-state index in [2.05, 4.69) is 10.6 Å². The number of hydrogen-bond acceptors (Lipinski definition) is 4. The number of hydrogen-bond donors (Lipinski definition) is 2. The lowest BCUT2D eigenvalue weighted by atomic mass is 10.2. The van der Waals surface area contributed by atoms with Gasteiger partial charge in [0.1, 0.15) is 12.4 Å². The molecule has 2 N–H and O–H groups in total. The molecule has 6 nitrogen and oxygen atoms in total. The van der Waals surface area contributed by atoms with Crippen LogP contribution in [-0.4, -0.2) is 31.4 Å². The third-order valence-corrected chi connectivity index (χ3v) is 4.75. The minimum Gasteiger partial charge on any atom is -0.490 e. The minimum absolute atomic E-state index is 0.220. The molecule has 27 heavy (non-hydrogen) atoms. The second kappa shape index (κ2) is 8.20. The van der Waals surface area contributed by atoms with Gasteiger partial charge < -0.3 is 24.8 Å². The zero-order valence-corrected chi connectivity index (χ0v) is 15.1. The predicted molar refractivity (Wildman–Crippen MR) is 103 cm³/mol. The average molecular weight is 368 g/mol. The molecule has 0 spiro atoms. The van der Waals surface area contributed by atoms with E-state index in [9.17, 15) is 4.79 Å². The van der Waals surface area contributed by atoms with Crippen molar-refractivity contribution in [1.82, 2.24) is 5.32 Å². The Morgan fingerprint density at radius 2 is 1.89 bits per heavy atom. The molecule has 1 fully saturated rings. The van der Waals surface area contributed by atoms with Gasteiger partial charge in [0.05, 0.1) is 12.6 Å². The molecule has 1 saturated carbocycles. The molecule has 1 heterocycles. The molecule has 4 rings (SSSR count). The van der Waals surface area contributed by atoms with Gasteiger partial charge in [0.2, 0.25) is 0 Å². The highest BCUT2D eigenvalue weighted by Gasteiger charge is 2.21. The topological polar surface area (TPSA) is 68.8 Å². The summed E-state index contributed by atoms with van der Waals surface area (Å²) in [6, 6.07) is 14.7. The number of ether oxygens (including phenoxy) is 3. The van der Waals surface area contributed by atoms with Gasteiger partial charge >= 0.3 is 6.03 Å². The minimum atomic E-state index is -0.282. The smallest absolute Gasteiger partial charge is 0.319 e. The fourth-order valence-electron chi connectivity index (χ4n) is 3.39. The summed E-state index contributed by atoms with van der Waals surface area (Å²) in [6.45, 7) is 0.764. The Morgan fingerprint density at radius 3 is 2.74 bits per heavy atom. The summed E-state index contributed by atoms with van der Waals surface area (Å²) >= 11 is 0. The van der Waals surface area contributed by atoms with Crippen molar-refractivity contribution in [2.45, 2.75) is 37.9 Å².